The van der Waals surface area contributed by atoms with Gasteiger partial charge in [-0.1, -0.05) is 45.4 Å². The Hall–Kier alpha value is -0.0800. The van der Waals surface area contributed by atoms with Crippen LogP contribution >= 0.6 is 0 Å². The molecule has 0 bridgehead atoms. The van der Waals surface area contributed by atoms with Crippen molar-refractivity contribution in [3.63, 3.8) is 0 Å². The third-order valence-corrected chi connectivity index (χ3v) is 4.86. The zero-order valence-electron chi connectivity index (χ0n) is 12.1. The van der Waals surface area contributed by atoms with Gasteiger partial charge < -0.3 is 10.1 Å². The van der Waals surface area contributed by atoms with Crippen LogP contribution in [0.5, 0.6) is 0 Å². The van der Waals surface area contributed by atoms with Gasteiger partial charge in [-0.05, 0) is 37.6 Å². The van der Waals surface area contributed by atoms with Crippen LogP contribution in [0.2, 0.25) is 0 Å². The molecule has 106 valence electrons. The highest BCUT2D eigenvalue weighted by Gasteiger charge is 2.26. The van der Waals surface area contributed by atoms with Gasteiger partial charge in [0.05, 0.1) is 0 Å². The second-order valence-corrected chi connectivity index (χ2v) is 6.21. The molecule has 2 nitrogen and oxygen atoms in total. The number of ether oxygens (including phenoxy) is 1. The topological polar surface area (TPSA) is 21.3 Å². The average Bonchev–Trinajstić information content (AvgIpc) is 2.68. The predicted molar refractivity (Wildman–Crippen MR) is 76.8 cm³/mol. The van der Waals surface area contributed by atoms with Crippen molar-refractivity contribution < 1.29 is 4.74 Å². The van der Waals surface area contributed by atoms with Crippen LogP contribution in [0.1, 0.15) is 64.7 Å². The maximum absolute atomic E-state index is 5.51. The standard InChI is InChI=1S/C16H31NO/c1-2-17-16(15-9-11-18-12-10-15)13-14-7-5-3-4-6-8-14/h14-17H,2-13H2,1H3. The number of hydrogen-bond donors (Lipinski definition) is 1. The molecule has 0 aromatic rings. The summed E-state index contributed by atoms with van der Waals surface area (Å²) in [5.74, 6) is 1.85. The molecule has 18 heavy (non-hydrogen) atoms. The van der Waals surface area contributed by atoms with Crippen molar-refractivity contribution >= 4 is 0 Å². The van der Waals surface area contributed by atoms with Crippen LogP contribution in [-0.2, 0) is 4.74 Å². The second-order valence-electron chi connectivity index (χ2n) is 6.21. The molecule has 1 aliphatic carbocycles. The molecular weight excluding hydrogens is 222 g/mol. The first-order valence-corrected chi connectivity index (χ1v) is 8.21. The fraction of sp³-hybridized carbons (Fsp3) is 1.00. The second kappa shape index (κ2) is 8.16. The molecule has 1 aliphatic heterocycles. The van der Waals surface area contributed by atoms with E-state index in [0.717, 1.165) is 37.6 Å². The Morgan fingerprint density at radius 2 is 1.67 bits per heavy atom. The Balaban J connectivity index is 1.83. The molecule has 0 radical (unpaired) electrons. The van der Waals surface area contributed by atoms with E-state index in [4.69, 9.17) is 4.74 Å². The van der Waals surface area contributed by atoms with Crippen molar-refractivity contribution in [2.24, 2.45) is 11.8 Å². The smallest absolute Gasteiger partial charge is 0.0469 e. The van der Waals surface area contributed by atoms with Crippen LogP contribution in [-0.4, -0.2) is 25.8 Å². The fourth-order valence-electron chi connectivity index (χ4n) is 3.78. The molecule has 2 heteroatoms. The molecule has 2 fully saturated rings. The lowest BCUT2D eigenvalue weighted by atomic mass is 9.83. The SMILES string of the molecule is CCNC(CC1CCCCCC1)C1CCOCC1. The summed E-state index contributed by atoms with van der Waals surface area (Å²) in [7, 11) is 0. The first kappa shape index (κ1) is 14.3. The van der Waals surface area contributed by atoms with Gasteiger partial charge in [-0.2, -0.15) is 0 Å². The minimum Gasteiger partial charge on any atom is -0.381 e. The van der Waals surface area contributed by atoms with Crippen molar-refractivity contribution in [2.75, 3.05) is 19.8 Å². The largest absolute Gasteiger partial charge is 0.381 e. The number of rotatable bonds is 5. The molecule has 1 heterocycles. The van der Waals surface area contributed by atoms with E-state index in [1.807, 2.05) is 0 Å². The summed E-state index contributed by atoms with van der Waals surface area (Å²) in [4.78, 5) is 0. The van der Waals surface area contributed by atoms with Gasteiger partial charge in [0.15, 0.2) is 0 Å². The fourth-order valence-corrected chi connectivity index (χ4v) is 3.78. The summed E-state index contributed by atoms with van der Waals surface area (Å²) in [6, 6.07) is 0.752. The Morgan fingerprint density at radius 3 is 2.28 bits per heavy atom. The van der Waals surface area contributed by atoms with Crippen molar-refractivity contribution in [3.05, 3.63) is 0 Å². The third kappa shape index (κ3) is 4.55. The molecule has 1 saturated heterocycles. The number of hydrogen-bond acceptors (Lipinski definition) is 2. The van der Waals surface area contributed by atoms with Crippen LogP contribution in [0.15, 0.2) is 0 Å². The average molecular weight is 253 g/mol. The Morgan fingerprint density at radius 1 is 1.00 bits per heavy atom. The lowest BCUT2D eigenvalue weighted by molar-refractivity contribution is 0.0499. The number of nitrogens with one attached hydrogen (secondary N) is 1. The molecule has 0 spiro atoms. The molecule has 1 N–H and O–H groups in total. The molecule has 2 aliphatic rings. The van der Waals surface area contributed by atoms with Gasteiger partial charge in [0, 0.05) is 19.3 Å². The van der Waals surface area contributed by atoms with Crippen LogP contribution in [0.3, 0.4) is 0 Å². The molecule has 2 rings (SSSR count). The van der Waals surface area contributed by atoms with Crippen LogP contribution < -0.4 is 5.32 Å². The molecule has 0 aromatic heterocycles. The van der Waals surface area contributed by atoms with E-state index in [9.17, 15) is 0 Å². The maximum Gasteiger partial charge on any atom is 0.0469 e. The summed E-state index contributed by atoms with van der Waals surface area (Å²) in [5, 5.41) is 3.76. The summed E-state index contributed by atoms with van der Waals surface area (Å²) < 4.78 is 5.51. The van der Waals surface area contributed by atoms with Gasteiger partial charge in [-0.15, -0.1) is 0 Å². The van der Waals surface area contributed by atoms with Crippen molar-refractivity contribution in [2.45, 2.75) is 70.8 Å². The van der Waals surface area contributed by atoms with Crippen molar-refractivity contribution in [1.82, 2.24) is 5.32 Å². The maximum atomic E-state index is 5.51. The zero-order chi connectivity index (χ0) is 12.6. The van der Waals surface area contributed by atoms with Gasteiger partial charge >= 0.3 is 0 Å². The minimum atomic E-state index is 0.752. The van der Waals surface area contributed by atoms with E-state index in [0.29, 0.717) is 0 Å². The molecular formula is C16H31NO. The highest BCUT2D eigenvalue weighted by atomic mass is 16.5. The predicted octanol–water partition coefficient (Wildman–Crippen LogP) is 3.75. The lowest BCUT2D eigenvalue weighted by Crippen LogP contribution is -2.40. The Labute approximate surface area is 113 Å². The first-order valence-electron chi connectivity index (χ1n) is 8.21. The van der Waals surface area contributed by atoms with Gasteiger partial charge in [-0.3, -0.25) is 0 Å². The minimum absolute atomic E-state index is 0.752. The Kier molecular flexibility index (Phi) is 6.50. The molecule has 1 unspecified atom stereocenters. The molecule has 1 atom stereocenters. The summed E-state index contributed by atoms with van der Waals surface area (Å²) >= 11 is 0. The normalized spacial score (nSPS) is 25.8. The molecule has 0 aromatic carbocycles. The van der Waals surface area contributed by atoms with Gasteiger partial charge in [0.2, 0.25) is 0 Å². The lowest BCUT2D eigenvalue weighted by Gasteiger charge is -2.33. The van der Waals surface area contributed by atoms with E-state index >= 15 is 0 Å². The van der Waals surface area contributed by atoms with Crippen molar-refractivity contribution in [1.29, 1.82) is 0 Å². The molecule has 1 saturated carbocycles. The van der Waals surface area contributed by atoms with Crippen LogP contribution in [0.4, 0.5) is 0 Å². The van der Waals surface area contributed by atoms with Gasteiger partial charge in [-0.25, -0.2) is 0 Å². The highest BCUT2D eigenvalue weighted by molar-refractivity contribution is 4.81. The monoisotopic (exact) mass is 253 g/mol. The van der Waals surface area contributed by atoms with Gasteiger partial charge in [0.1, 0.15) is 0 Å². The summed E-state index contributed by atoms with van der Waals surface area (Å²) in [6.07, 6.45) is 12.8. The quantitative estimate of drug-likeness (QED) is 0.753. The first-order chi connectivity index (χ1) is 8.90. The van der Waals surface area contributed by atoms with Crippen LogP contribution in [0.25, 0.3) is 0 Å². The van der Waals surface area contributed by atoms with E-state index < -0.39 is 0 Å². The molecule has 0 amide bonds. The van der Waals surface area contributed by atoms with E-state index in [1.54, 1.807) is 0 Å². The van der Waals surface area contributed by atoms with E-state index in [-0.39, 0.29) is 0 Å². The summed E-state index contributed by atoms with van der Waals surface area (Å²) in [5.41, 5.74) is 0. The van der Waals surface area contributed by atoms with Crippen molar-refractivity contribution in [3.8, 4) is 0 Å². The van der Waals surface area contributed by atoms with E-state index in [2.05, 4.69) is 12.2 Å². The summed E-state index contributed by atoms with van der Waals surface area (Å²) in [6.45, 7) is 5.34. The Bertz CT molecular complexity index is 205. The van der Waals surface area contributed by atoms with Crippen LogP contribution in [0, 0.1) is 11.8 Å². The van der Waals surface area contributed by atoms with E-state index in [1.165, 1.54) is 57.8 Å². The highest BCUT2D eigenvalue weighted by Crippen LogP contribution is 2.30. The zero-order valence-corrected chi connectivity index (χ0v) is 12.1. The third-order valence-electron chi connectivity index (χ3n) is 4.86. The van der Waals surface area contributed by atoms with Gasteiger partial charge in [0.25, 0.3) is 0 Å².